The molecule has 212 valence electrons. The number of nitrogens with zero attached hydrogens (tertiary/aromatic N) is 3. The van der Waals surface area contributed by atoms with Crippen molar-refractivity contribution in [2.75, 3.05) is 6.61 Å². The molecule has 0 N–H and O–H groups in total. The topological polar surface area (TPSA) is 93.7 Å². The van der Waals surface area contributed by atoms with E-state index in [2.05, 4.69) is 33.7 Å². The van der Waals surface area contributed by atoms with Gasteiger partial charge in [0.15, 0.2) is 4.80 Å². The predicted molar refractivity (Wildman–Crippen MR) is 172 cm³/mol. The van der Waals surface area contributed by atoms with E-state index in [9.17, 15) is 9.59 Å². The maximum Gasteiger partial charge on any atom is 0.338 e. The number of carbonyl (C=O) groups is 1. The van der Waals surface area contributed by atoms with E-state index in [4.69, 9.17) is 37.9 Å². The second kappa shape index (κ2) is 12.8. The van der Waals surface area contributed by atoms with Crippen LogP contribution in [0.15, 0.2) is 81.7 Å². The van der Waals surface area contributed by atoms with Crippen LogP contribution >= 0.6 is 57.1 Å². The minimum atomic E-state index is -0.817. The van der Waals surface area contributed by atoms with Crippen LogP contribution in [-0.2, 0) is 16.1 Å². The number of esters is 1. The zero-order chi connectivity index (χ0) is 30.0. The van der Waals surface area contributed by atoms with Crippen LogP contribution in [0.1, 0.15) is 42.1 Å². The number of allylic oxidation sites excluding steroid dienone is 1. The number of ether oxygens (including phenoxy) is 2. The van der Waals surface area contributed by atoms with Gasteiger partial charge in [0.1, 0.15) is 18.4 Å². The maximum absolute atomic E-state index is 14.0. The van der Waals surface area contributed by atoms with Crippen molar-refractivity contribution in [1.82, 2.24) is 4.57 Å². The van der Waals surface area contributed by atoms with Crippen molar-refractivity contribution in [1.29, 1.82) is 5.26 Å². The maximum atomic E-state index is 14.0. The highest BCUT2D eigenvalue weighted by atomic mass is 127. The first-order chi connectivity index (χ1) is 20.2. The van der Waals surface area contributed by atoms with Crippen LogP contribution in [0.3, 0.4) is 0 Å². The highest BCUT2D eigenvalue weighted by Gasteiger charge is 2.34. The van der Waals surface area contributed by atoms with Gasteiger partial charge in [-0.1, -0.05) is 64.9 Å². The molecule has 0 saturated carbocycles. The first kappa shape index (κ1) is 30.0. The van der Waals surface area contributed by atoms with Gasteiger partial charge in [-0.3, -0.25) is 9.36 Å². The van der Waals surface area contributed by atoms with E-state index in [-0.39, 0.29) is 24.3 Å². The Morgan fingerprint density at radius 1 is 1.19 bits per heavy atom. The average molecular weight is 730 g/mol. The molecular formula is C31H22Cl2IN3O4S. The van der Waals surface area contributed by atoms with Crippen LogP contribution in [0.4, 0.5) is 0 Å². The van der Waals surface area contributed by atoms with Gasteiger partial charge in [0.25, 0.3) is 5.56 Å². The third-order valence-electron chi connectivity index (χ3n) is 6.51. The largest absolute Gasteiger partial charge is 0.487 e. The lowest BCUT2D eigenvalue weighted by Crippen LogP contribution is -2.40. The van der Waals surface area contributed by atoms with E-state index in [0.717, 1.165) is 9.13 Å². The molecule has 11 heteroatoms. The molecule has 3 aromatic carbocycles. The minimum absolute atomic E-state index is 0.175. The van der Waals surface area contributed by atoms with Crippen LogP contribution in [-0.4, -0.2) is 17.1 Å². The van der Waals surface area contributed by atoms with E-state index >= 15 is 0 Å². The molecule has 1 aliphatic rings. The smallest absolute Gasteiger partial charge is 0.338 e. The Balaban J connectivity index is 1.64. The molecule has 0 unspecified atom stereocenters. The molecule has 4 aromatic rings. The van der Waals surface area contributed by atoms with Gasteiger partial charge in [-0.2, -0.15) is 5.26 Å². The second-order valence-corrected chi connectivity index (χ2v) is 12.2. The van der Waals surface area contributed by atoms with Crippen LogP contribution in [0.2, 0.25) is 10.0 Å². The lowest BCUT2D eigenvalue weighted by Gasteiger charge is -2.25. The number of hydrogen-bond acceptors (Lipinski definition) is 7. The molecule has 1 atom stereocenters. The first-order valence-corrected chi connectivity index (χ1v) is 15.4. The molecule has 0 saturated heterocycles. The van der Waals surface area contributed by atoms with Crippen molar-refractivity contribution in [3.05, 3.63) is 127 Å². The minimum Gasteiger partial charge on any atom is -0.487 e. The second-order valence-electron chi connectivity index (χ2n) is 9.23. The van der Waals surface area contributed by atoms with Gasteiger partial charge in [-0.05, 0) is 84.0 Å². The number of fused-ring (bicyclic) bond motifs is 1. The van der Waals surface area contributed by atoms with Crippen LogP contribution in [0.25, 0.3) is 6.08 Å². The van der Waals surface area contributed by atoms with E-state index in [1.54, 1.807) is 68.5 Å². The summed E-state index contributed by atoms with van der Waals surface area (Å²) < 4.78 is 14.2. The summed E-state index contributed by atoms with van der Waals surface area (Å²) in [6.45, 7) is 3.87. The number of benzene rings is 3. The predicted octanol–water partition coefficient (Wildman–Crippen LogP) is 6.16. The van der Waals surface area contributed by atoms with Gasteiger partial charge in [-0.15, -0.1) is 0 Å². The zero-order valence-electron chi connectivity index (χ0n) is 22.4. The molecule has 7 nitrogen and oxygen atoms in total. The number of halogens is 3. The molecule has 1 aliphatic heterocycles. The van der Waals surface area contributed by atoms with E-state index < -0.39 is 12.0 Å². The summed E-state index contributed by atoms with van der Waals surface area (Å²) in [6.07, 6.45) is 1.72. The highest BCUT2D eigenvalue weighted by Crippen LogP contribution is 2.35. The normalized spacial score (nSPS) is 14.7. The molecule has 0 fully saturated rings. The van der Waals surface area contributed by atoms with E-state index in [0.29, 0.717) is 47.5 Å². The Kier molecular flexibility index (Phi) is 9.18. The number of thiazole rings is 1. The third kappa shape index (κ3) is 6.03. The monoisotopic (exact) mass is 729 g/mol. The molecule has 0 amide bonds. The van der Waals surface area contributed by atoms with Crippen LogP contribution in [0.5, 0.6) is 5.75 Å². The van der Waals surface area contributed by atoms with Crippen molar-refractivity contribution in [3.63, 3.8) is 0 Å². The van der Waals surface area contributed by atoms with Gasteiger partial charge in [0.2, 0.25) is 0 Å². The average Bonchev–Trinajstić information content (AvgIpc) is 3.26. The fourth-order valence-electron chi connectivity index (χ4n) is 4.59. The molecule has 0 radical (unpaired) electrons. The molecule has 5 rings (SSSR count). The van der Waals surface area contributed by atoms with Crippen molar-refractivity contribution < 1.29 is 14.3 Å². The summed E-state index contributed by atoms with van der Waals surface area (Å²) in [5.41, 5.74) is 3.02. The fraction of sp³-hybridized carbons (Fsp3) is 0.161. The fourth-order valence-corrected chi connectivity index (χ4v) is 7.08. The Hall–Kier alpha value is -3.43. The Morgan fingerprint density at radius 2 is 1.93 bits per heavy atom. The summed E-state index contributed by atoms with van der Waals surface area (Å²) in [5.74, 6) is 0.00192. The van der Waals surface area contributed by atoms with Crippen LogP contribution < -0.4 is 19.6 Å². The molecule has 0 spiro atoms. The SMILES string of the molecule is CCOC(=O)C1=C(C)N=c2s/c(=C\c3cc(Cl)cc(I)c3OCc3ccc(C#N)cc3)c(=O)n2[C@@H]1c1ccccc1Cl. The standard InChI is InChI=1S/C31H22Cl2IN3O4S/c1-3-40-30(39)26-17(2)36-31-37(27(26)22-6-4-5-7-23(22)33)29(38)25(42-31)13-20-12-21(32)14-24(34)28(20)41-16-19-10-8-18(15-35)9-11-19/h4-14,27H,3,16H2,1-2H3/b25-13-/t27-/m1/s1. The molecular weight excluding hydrogens is 708 g/mol. The van der Waals surface area contributed by atoms with Gasteiger partial charge in [0.05, 0.1) is 37.6 Å². The molecule has 2 heterocycles. The number of aromatic nitrogens is 1. The summed E-state index contributed by atoms with van der Waals surface area (Å²) in [4.78, 5) is 32.2. The summed E-state index contributed by atoms with van der Waals surface area (Å²) >= 11 is 16.4. The lowest BCUT2D eigenvalue weighted by atomic mass is 9.96. The van der Waals surface area contributed by atoms with Crippen molar-refractivity contribution >= 4 is 69.2 Å². The Morgan fingerprint density at radius 3 is 2.62 bits per heavy atom. The van der Waals surface area contributed by atoms with Crippen molar-refractivity contribution in [3.8, 4) is 11.8 Å². The first-order valence-electron chi connectivity index (χ1n) is 12.8. The lowest BCUT2D eigenvalue weighted by molar-refractivity contribution is -0.139. The van der Waals surface area contributed by atoms with Crippen LogP contribution in [0, 0.1) is 14.9 Å². The van der Waals surface area contributed by atoms with Crippen molar-refractivity contribution in [2.24, 2.45) is 4.99 Å². The quantitative estimate of drug-likeness (QED) is 0.168. The highest BCUT2D eigenvalue weighted by molar-refractivity contribution is 14.1. The zero-order valence-corrected chi connectivity index (χ0v) is 26.8. The van der Waals surface area contributed by atoms with Gasteiger partial charge in [0, 0.05) is 15.6 Å². The Bertz CT molecular complexity index is 1960. The van der Waals surface area contributed by atoms with E-state index in [1.807, 2.05) is 12.1 Å². The third-order valence-corrected chi connectivity index (χ3v) is 8.85. The van der Waals surface area contributed by atoms with Gasteiger partial charge >= 0.3 is 5.97 Å². The number of rotatable bonds is 7. The van der Waals surface area contributed by atoms with Gasteiger partial charge in [-0.25, -0.2) is 9.79 Å². The molecule has 1 aromatic heterocycles. The summed E-state index contributed by atoms with van der Waals surface area (Å²) in [6, 6.07) is 19.0. The molecule has 0 bridgehead atoms. The number of hydrogen-bond donors (Lipinski definition) is 0. The number of nitriles is 1. The molecule has 0 aliphatic carbocycles. The number of carbonyl (C=O) groups excluding carboxylic acids is 1. The molecule has 42 heavy (non-hydrogen) atoms. The summed E-state index contributed by atoms with van der Waals surface area (Å²) in [7, 11) is 0. The van der Waals surface area contributed by atoms with E-state index in [1.165, 1.54) is 15.9 Å². The Labute approximate surface area is 269 Å². The van der Waals surface area contributed by atoms with Crippen molar-refractivity contribution in [2.45, 2.75) is 26.5 Å². The summed E-state index contributed by atoms with van der Waals surface area (Å²) in [5, 5.41) is 9.97. The van der Waals surface area contributed by atoms with Gasteiger partial charge < -0.3 is 9.47 Å².